The molecule has 0 aromatic heterocycles. The van der Waals surface area contributed by atoms with Gasteiger partial charge in [0.2, 0.25) is 5.91 Å². The SMILES string of the molecule is CC(=O)N1CC[C@@H](N2CCN(c3ccc(F)cc3)c3cc(F)ccc32)C1. The first kappa shape index (κ1) is 16.8. The van der Waals surface area contributed by atoms with Crippen molar-refractivity contribution in [2.45, 2.75) is 19.4 Å². The van der Waals surface area contributed by atoms with Crippen LogP contribution in [0.25, 0.3) is 0 Å². The molecule has 26 heavy (non-hydrogen) atoms. The second-order valence-corrected chi connectivity index (χ2v) is 6.86. The number of benzene rings is 2. The molecule has 1 saturated heterocycles. The fourth-order valence-corrected chi connectivity index (χ4v) is 3.96. The van der Waals surface area contributed by atoms with Gasteiger partial charge in [-0.15, -0.1) is 0 Å². The average Bonchev–Trinajstić information content (AvgIpc) is 3.12. The molecule has 0 radical (unpaired) electrons. The monoisotopic (exact) mass is 357 g/mol. The Labute approximate surface area is 151 Å². The van der Waals surface area contributed by atoms with Gasteiger partial charge >= 0.3 is 0 Å². The summed E-state index contributed by atoms with van der Waals surface area (Å²) >= 11 is 0. The molecule has 0 saturated carbocycles. The zero-order valence-corrected chi connectivity index (χ0v) is 14.7. The third kappa shape index (κ3) is 3.00. The molecule has 136 valence electrons. The van der Waals surface area contributed by atoms with Crippen molar-refractivity contribution < 1.29 is 13.6 Å². The molecule has 1 atom stereocenters. The van der Waals surface area contributed by atoms with E-state index in [1.807, 2.05) is 9.80 Å². The van der Waals surface area contributed by atoms with Crippen molar-refractivity contribution in [2.75, 3.05) is 36.0 Å². The summed E-state index contributed by atoms with van der Waals surface area (Å²) < 4.78 is 27.2. The van der Waals surface area contributed by atoms with Crippen LogP contribution in [0.3, 0.4) is 0 Å². The lowest BCUT2D eigenvalue weighted by Crippen LogP contribution is -2.46. The van der Waals surface area contributed by atoms with E-state index in [1.54, 1.807) is 25.1 Å². The first-order valence-electron chi connectivity index (χ1n) is 8.88. The largest absolute Gasteiger partial charge is 0.363 e. The van der Waals surface area contributed by atoms with E-state index in [1.165, 1.54) is 24.3 Å². The van der Waals surface area contributed by atoms with E-state index >= 15 is 0 Å². The summed E-state index contributed by atoms with van der Waals surface area (Å²) in [4.78, 5) is 17.8. The Morgan fingerprint density at radius 1 is 0.962 bits per heavy atom. The maximum Gasteiger partial charge on any atom is 0.219 e. The molecule has 0 bridgehead atoms. The Bertz CT molecular complexity index is 824. The summed E-state index contributed by atoms with van der Waals surface area (Å²) in [6.45, 7) is 4.50. The van der Waals surface area contributed by atoms with Gasteiger partial charge in [-0.2, -0.15) is 0 Å². The van der Waals surface area contributed by atoms with Crippen LogP contribution in [0.15, 0.2) is 42.5 Å². The van der Waals surface area contributed by atoms with Gasteiger partial charge in [0.25, 0.3) is 0 Å². The summed E-state index contributed by atoms with van der Waals surface area (Å²) in [7, 11) is 0. The van der Waals surface area contributed by atoms with Crippen LogP contribution in [-0.2, 0) is 4.79 Å². The molecule has 2 aliphatic rings. The van der Waals surface area contributed by atoms with Crippen molar-refractivity contribution >= 4 is 23.0 Å². The van der Waals surface area contributed by atoms with Gasteiger partial charge in [0.1, 0.15) is 11.6 Å². The normalized spacial score (nSPS) is 19.7. The first-order chi connectivity index (χ1) is 12.5. The molecule has 1 amide bonds. The van der Waals surface area contributed by atoms with Crippen LogP contribution in [0.5, 0.6) is 0 Å². The van der Waals surface area contributed by atoms with Gasteiger partial charge in [-0.25, -0.2) is 8.78 Å². The van der Waals surface area contributed by atoms with Crippen LogP contribution >= 0.6 is 0 Å². The number of likely N-dealkylation sites (tertiary alicyclic amines) is 1. The van der Waals surface area contributed by atoms with Gasteiger partial charge in [0.15, 0.2) is 0 Å². The number of amides is 1. The molecule has 0 N–H and O–H groups in total. The smallest absolute Gasteiger partial charge is 0.219 e. The van der Waals surface area contributed by atoms with Crippen LogP contribution in [0.2, 0.25) is 0 Å². The fourth-order valence-electron chi connectivity index (χ4n) is 3.96. The van der Waals surface area contributed by atoms with Crippen molar-refractivity contribution in [3.8, 4) is 0 Å². The molecule has 0 unspecified atom stereocenters. The number of rotatable bonds is 2. The summed E-state index contributed by atoms with van der Waals surface area (Å²) in [5, 5.41) is 0. The number of hydrogen-bond acceptors (Lipinski definition) is 3. The van der Waals surface area contributed by atoms with Crippen molar-refractivity contribution in [1.82, 2.24) is 4.90 Å². The molecule has 6 heteroatoms. The zero-order valence-electron chi connectivity index (χ0n) is 14.7. The molecule has 2 heterocycles. The van der Waals surface area contributed by atoms with Crippen LogP contribution < -0.4 is 9.80 Å². The third-order valence-corrected chi connectivity index (χ3v) is 5.29. The van der Waals surface area contributed by atoms with Gasteiger partial charge < -0.3 is 14.7 Å². The summed E-state index contributed by atoms with van der Waals surface area (Å²) in [5.74, 6) is -0.492. The number of carbonyl (C=O) groups is 1. The summed E-state index contributed by atoms with van der Waals surface area (Å²) in [5.41, 5.74) is 2.58. The van der Waals surface area contributed by atoms with E-state index in [0.29, 0.717) is 13.1 Å². The van der Waals surface area contributed by atoms with E-state index in [9.17, 15) is 13.6 Å². The average molecular weight is 357 g/mol. The van der Waals surface area contributed by atoms with Gasteiger partial charge in [0, 0.05) is 44.8 Å². The molecule has 2 aromatic rings. The van der Waals surface area contributed by atoms with Gasteiger partial charge in [-0.1, -0.05) is 0 Å². The molecule has 2 aromatic carbocycles. The third-order valence-electron chi connectivity index (χ3n) is 5.29. The highest BCUT2D eigenvalue weighted by Crippen LogP contribution is 2.40. The molecule has 4 rings (SSSR count). The number of fused-ring (bicyclic) bond motifs is 1. The van der Waals surface area contributed by atoms with Crippen LogP contribution in [0.1, 0.15) is 13.3 Å². The van der Waals surface area contributed by atoms with Gasteiger partial charge in [-0.05, 0) is 48.9 Å². The fraction of sp³-hybridized carbons (Fsp3) is 0.350. The Hall–Kier alpha value is -2.63. The van der Waals surface area contributed by atoms with Gasteiger partial charge in [-0.3, -0.25) is 4.79 Å². The van der Waals surface area contributed by atoms with Crippen molar-refractivity contribution in [1.29, 1.82) is 0 Å². The molecular weight excluding hydrogens is 336 g/mol. The molecule has 4 nitrogen and oxygen atoms in total. The van der Waals surface area contributed by atoms with Crippen LogP contribution in [-0.4, -0.2) is 43.0 Å². The summed E-state index contributed by atoms with van der Waals surface area (Å²) in [6, 6.07) is 11.3. The standard InChI is InChI=1S/C20H21F2N3O/c1-14(26)23-9-8-18(13-23)25-11-10-24(17-5-2-15(21)3-6-17)20-12-16(22)4-7-19(20)25/h2-7,12,18H,8-11,13H2,1H3/t18-/m1/s1. The Balaban J connectivity index is 1.67. The van der Waals surface area contributed by atoms with Gasteiger partial charge in [0.05, 0.1) is 11.4 Å². The second-order valence-electron chi connectivity index (χ2n) is 6.86. The van der Waals surface area contributed by atoms with Crippen molar-refractivity contribution in [3.63, 3.8) is 0 Å². The lowest BCUT2D eigenvalue weighted by molar-refractivity contribution is -0.127. The van der Waals surface area contributed by atoms with E-state index in [4.69, 9.17) is 0 Å². The number of halogens is 2. The lowest BCUT2D eigenvalue weighted by Gasteiger charge is -2.41. The second kappa shape index (κ2) is 6.59. The zero-order chi connectivity index (χ0) is 18.3. The van der Waals surface area contributed by atoms with Crippen molar-refractivity contribution in [3.05, 3.63) is 54.1 Å². The van der Waals surface area contributed by atoms with Crippen LogP contribution in [0.4, 0.5) is 25.8 Å². The predicted molar refractivity (Wildman–Crippen MR) is 97.8 cm³/mol. The highest BCUT2D eigenvalue weighted by molar-refractivity contribution is 5.80. The quantitative estimate of drug-likeness (QED) is 0.823. The van der Waals surface area contributed by atoms with E-state index in [-0.39, 0.29) is 23.6 Å². The topological polar surface area (TPSA) is 26.8 Å². The van der Waals surface area contributed by atoms with E-state index in [0.717, 1.165) is 36.6 Å². The Morgan fingerprint density at radius 3 is 2.38 bits per heavy atom. The van der Waals surface area contributed by atoms with Crippen LogP contribution in [0, 0.1) is 11.6 Å². The Kier molecular flexibility index (Phi) is 4.26. The maximum atomic E-state index is 14.0. The molecule has 0 aliphatic carbocycles. The maximum absolute atomic E-state index is 14.0. The molecule has 1 fully saturated rings. The molecule has 2 aliphatic heterocycles. The van der Waals surface area contributed by atoms with Crippen molar-refractivity contribution in [2.24, 2.45) is 0 Å². The highest BCUT2D eigenvalue weighted by atomic mass is 19.1. The number of hydrogen-bond donors (Lipinski definition) is 0. The minimum atomic E-state index is -0.297. The lowest BCUT2D eigenvalue weighted by atomic mass is 10.1. The molecular formula is C20H21F2N3O. The number of nitrogens with zero attached hydrogens (tertiary/aromatic N) is 3. The predicted octanol–water partition coefficient (Wildman–Crippen LogP) is 3.54. The van der Waals surface area contributed by atoms with E-state index in [2.05, 4.69) is 4.90 Å². The minimum absolute atomic E-state index is 0.0942. The number of anilines is 3. The first-order valence-corrected chi connectivity index (χ1v) is 8.88. The Morgan fingerprint density at radius 2 is 1.69 bits per heavy atom. The highest BCUT2D eigenvalue weighted by Gasteiger charge is 2.33. The number of carbonyl (C=O) groups excluding carboxylic acids is 1. The molecule has 0 spiro atoms. The minimum Gasteiger partial charge on any atom is -0.363 e. The van der Waals surface area contributed by atoms with E-state index < -0.39 is 0 Å². The summed E-state index contributed by atoms with van der Waals surface area (Å²) in [6.07, 6.45) is 0.910.